The number of rotatable bonds is 0. The second-order valence-electron chi connectivity index (χ2n) is 3.61. The van der Waals surface area contributed by atoms with E-state index >= 15 is 0 Å². The number of Topliss-reactive ketones (excluding diaryl/α,β-unsaturated/α-hetero) is 1. The Morgan fingerprint density at radius 1 is 0.824 bits per heavy atom. The molecule has 0 radical (unpaired) electrons. The van der Waals surface area contributed by atoms with Gasteiger partial charge >= 0.3 is 12.4 Å². The van der Waals surface area contributed by atoms with E-state index in [1.165, 1.54) is 0 Å². The summed E-state index contributed by atoms with van der Waals surface area (Å²) in [5.41, 5.74) is -1.22. The zero-order valence-corrected chi connectivity index (χ0v) is 8.45. The lowest BCUT2D eigenvalue weighted by molar-refractivity contribution is -0.115. The van der Waals surface area contributed by atoms with Crippen LogP contribution in [0.4, 0.5) is 26.3 Å². The summed E-state index contributed by atoms with van der Waals surface area (Å²) in [7, 11) is 0. The summed E-state index contributed by atoms with van der Waals surface area (Å²) in [5.74, 6) is -1.16. The molecule has 7 heteroatoms. The van der Waals surface area contributed by atoms with Gasteiger partial charge in [-0.1, -0.05) is 0 Å². The molecule has 0 bridgehead atoms. The second kappa shape index (κ2) is 4.54. The Morgan fingerprint density at radius 2 is 1.18 bits per heavy atom. The van der Waals surface area contributed by atoms with Gasteiger partial charge in [-0.2, -0.15) is 26.3 Å². The van der Waals surface area contributed by atoms with Crippen LogP contribution in [0.3, 0.4) is 0 Å². The summed E-state index contributed by atoms with van der Waals surface area (Å²) in [6.07, 6.45) is -10.0. The Bertz CT molecular complexity index is 337. The van der Waals surface area contributed by atoms with E-state index in [4.69, 9.17) is 0 Å². The number of allylic oxidation sites excluding steroid dienone is 4. The van der Waals surface area contributed by atoms with Gasteiger partial charge in [0, 0.05) is 23.3 Å². The van der Waals surface area contributed by atoms with E-state index in [0.29, 0.717) is 0 Å². The van der Waals surface area contributed by atoms with Crippen LogP contribution in [0.1, 0.15) is 19.3 Å². The number of hydrogen-bond acceptors (Lipinski definition) is 1. The van der Waals surface area contributed by atoms with Crippen molar-refractivity contribution in [1.29, 1.82) is 0 Å². The molecule has 0 atom stereocenters. The van der Waals surface area contributed by atoms with Crippen LogP contribution in [0.15, 0.2) is 23.3 Å². The third-order valence-corrected chi connectivity index (χ3v) is 2.15. The Morgan fingerprint density at radius 3 is 1.47 bits per heavy atom. The van der Waals surface area contributed by atoms with Gasteiger partial charge in [0.25, 0.3) is 0 Å². The smallest absolute Gasteiger partial charge is 0.289 e. The number of alkyl halides is 6. The lowest BCUT2D eigenvalue weighted by Gasteiger charge is -2.17. The average molecular weight is 258 g/mol. The lowest BCUT2D eigenvalue weighted by atomic mass is 9.88. The minimum Gasteiger partial charge on any atom is -0.289 e. The maximum atomic E-state index is 12.0. The fourth-order valence-electron chi connectivity index (χ4n) is 1.57. The SMILES string of the molecule is O=C1/C(=C/C(F)(F)F)CCC/C1=C\C(F)(F)F. The van der Waals surface area contributed by atoms with Crippen LogP contribution < -0.4 is 0 Å². The molecule has 0 spiro atoms. The maximum Gasteiger partial charge on any atom is 0.410 e. The highest BCUT2D eigenvalue weighted by Gasteiger charge is 2.32. The van der Waals surface area contributed by atoms with Gasteiger partial charge in [0.05, 0.1) is 0 Å². The summed E-state index contributed by atoms with van der Waals surface area (Å²) < 4.78 is 72.0. The molecule has 1 fully saturated rings. The highest BCUT2D eigenvalue weighted by atomic mass is 19.4. The molecule has 1 rings (SSSR count). The molecule has 0 saturated heterocycles. The molecule has 0 aliphatic heterocycles. The standard InChI is InChI=1S/C10H8F6O/c11-9(12,13)4-6-2-1-3-7(8(6)17)5-10(14,15)16/h4-5H,1-3H2/b6-4+,7-5+. The van der Waals surface area contributed by atoms with E-state index in [1.807, 2.05) is 0 Å². The van der Waals surface area contributed by atoms with Crippen LogP contribution in [-0.4, -0.2) is 18.1 Å². The van der Waals surface area contributed by atoms with Crippen molar-refractivity contribution in [1.82, 2.24) is 0 Å². The second-order valence-corrected chi connectivity index (χ2v) is 3.61. The number of carbonyl (C=O) groups excluding carboxylic acids is 1. The monoisotopic (exact) mass is 258 g/mol. The van der Waals surface area contributed by atoms with Crippen LogP contribution >= 0.6 is 0 Å². The van der Waals surface area contributed by atoms with Gasteiger partial charge in [-0.05, 0) is 19.3 Å². The maximum absolute atomic E-state index is 12.0. The van der Waals surface area contributed by atoms with E-state index < -0.39 is 29.3 Å². The molecule has 96 valence electrons. The van der Waals surface area contributed by atoms with Crippen molar-refractivity contribution in [2.24, 2.45) is 0 Å². The third-order valence-electron chi connectivity index (χ3n) is 2.15. The van der Waals surface area contributed by atoms with Gasteiger partial charge < -0.3 is 0 Å². The van der Waals surface area contributed by atoms with Crippen molar-refractivity contribution >= 4 is 5.78 Å². The minimum absolute atomic E-state index is 0.107. The molecule has 1 nitrogen and oxygen atoms in total. The molecule has 0 aromatic carbocycles. The lowest BCUT2D eigenvalue weighted by Crippen LogP contribution is -2.18. The third kappa shape index (κ3) is 4.62. The predicted molar refractivity (Wildman–Crippen MR) is 47.1 cm³/mol. The highest BCUT2D eigenvalue weighted by Crippen LogP contribution is 2.31. The highest BCUT2D eigenvalue weighted by molar-refractivity contribution is 6.09. The summed E-state index contributed by atoms with van der Waals surface area (Å²) in [6, 6.07) is 0. The fraction of sp³-hybridized carbons (Fsp3) is 0.500. The number of carbonyl (C=O) groups is 1. The van der Waals surface area contributed by atoms with Gasteiger partial charge in [0.1, 0.15) is 0 Å². The van der Waals surface area contributed by atoms with E-state index in [1.54, 1.807) is 0 Å². The topological polar surface area (TPSA) is 17.1 Å². The zero-order valence-electron chi connectivity index (χ0n) is 8.45. The van der Waals surface area contributed by atoms with Crippen molar-refractivity contribution in [2.45, 2.75) is 31.6 Å². The van der Waals surface area contributed by atoms with Crippen LogP contribution in [0.5, 0.6) is 0 Å². The van der Waals surface area contributed by atoms with Crippen molar-refractivity contribution < 1.29 is 31.1 Å². The van der Waals surface area contributed by atoms with Crippen molar-refractivity contribution in [3.05, 3.63) is 23.3 Å². The number of ketones is 1. The molecule has 1 aliphatic rings. The van der Waals surface area contributed by atoms with Crippen LogP contribution in [0.2, 0.25) is 0 Å². The first-order valence-electron chi connectivity index (χ1n) is 4.70. The average Bonchev–Trinajstić information content (AvgIpc) is 2.07. The Labute approximate surface area is 92.8 Å². The largest absolute Gasteiger partial charge is 0.410 e. The number of halogens is 6. The van der Waals surface area contributed by atoms with Crippen LogP contribution in [-0.2, 0) is 4.79 Å². The van der Waals surface area contributed by atoms with Gasteiger partial charge in [-0.15, -0.1) is 0 Å². The molecule has 0 amide bonds. The summed E-state index contributed by atoms with van der Waals surface area (Å²) in [5, 5.41) is 0. The molecular formula is C10H8F6O. The summed E-state index contributed by atoms with van der Waals surface area (Å²) >= 11 is 0. The van der Waals surface area contributed by atoms with E-state index in [2.05, 4.69) is 0 Å². The molecule has 1 aliphatic carbocycles. The van der Waals surface area contributed by atoms with Gasteiger partial charge in [0.15, 0.2) is 5.78 Å². The van der Waals surface area contributed by atoms with Gasteiger partial charge in [-0.25, -0.2) is 0 Å². The van der Waals surface area contributed by atoms with E-state index in [0.717, 1.165) is 0 Å². The van der Waals surface area contributed by atoms with E-state index in [9.17, 15) is 31.1 Å². The van der Waals surface area contributed by atoms with Crippen LogP contribution in [0.25, 0.3) is 0 Å². The zero-order chi connectivity index (χ0) is 13.3. The van der Waals surface area contributed by atoms with Gasteiger partial charge in [-0.3, -0.25) is 4.79 Å². The Hall–Kier alpha value is -1.27. The quantitative estimate of drug-likeness (QED) is 0.478. The Balaban J connectivity index is 2.99. The molecule has 0 aromatic rings. The van der Waals surface area contributed by atoms with Gasteiger partial charge in [0.2, 0.25) is 0 Å². The first-order chi connectivity index (χ1) is 7.58. The summed E-state index contributed by atoms with van der Waals surface area (Å²) in [4.78, 5) is 11.3. The molecule has 0 heterocycles. The first-order valence-corrected chi connectivity index (χ1v) is 4.70. The van der Waals surface area contributed by atoms with Crippen molar-refractivity contribution in [3.63, 3.8) is 0 Å². The molecule has 0 unspecified atom stereocenters. The summed E-state index contributed by atoms with van der Waals surface area (Å²) in [6.45, 7) is 0. The number of hydrogen-bond donors (Lipinski definition) is 0. The molecule has 17 heavy (non-hydrogen) atoms. The molecule has 0 aromatic heterocycles. The molecule has 1 saturated carbocycles. The van der Waals surface area contributed by atoms with Crippen LogP contribution in [0, 0.1) is 0 Å². The van der Waals surface area contributed by atoms with Crippen molar-refractivity contribution in [3.8, 4) is 0 Å². The van der Waals surface area contributed by atoms with E-state index in [-0.39, 0.29) is 31.4 Å². The first kappa shape index (κ1) is 13.8. The predicted octanol–water partition coefficient (Wildman–Crippen LogP) is 3.72. The molecular weight excluding hydrogens is 250 g/mol. The van der Waals surface area contributed by atoms with Crippen molar-refractivity contribution in [2.75, 3.05) is 0 Å². The Kier molecular flexibility index (Phi) is 3.68. The molecule has 0 N–H and O–H groups in total. The fourth-order valence-corrected chi connectivity index (χ4v) is 1.57. The minimum atomic E-state index is -4.69. The normalized spacial score (nSPS) is 23.5.